The Balaban J connectivity index is 2.63. The number of aliphatic imine (C=N–C) groups is 1. The minimum absolute atomic E-state index is 0.0260. The van der Waals surface area contributed by atoms with Crippen LogP contribution in [0.5, 0.6) is 0 Å². The third kappa shape index (κ3) is 8.36. The van der Waals surface area contributed by atoms with E-state index in [-0.39, 0.29) is 17.8 Å². The van der Waals surface area contributed by atoms with Crippen molar-refractivity contribution in [3.05, 3.63) is 35.4 Å². The summed E-state index contributed by atoms with van der Waals surface area (Å²) in [5, 5.41) is 6.59. The quantitative estimate of drug-likeness (QED) is 0.538. The number of likely N-dealkylation sites (N-methyl/N-ethyl adjacent to an activating group) is 1. The first kappa shape index (κ1) is 21.4. The molecule has 0 saturated heterocycles. The van der Waals surface area contributed by atoms with E-state index in [4.69, 9.17) is 0 Å². The van der Waals surface area contributed by atoms with Crippen LogP contribution in [0.2, 0.25) is 0 Å². The largest absolute Gasteiger partial charge is 0.354 e. The van der Waals surface area contributed by atoms with Crippen molar-refractivity contribution in [2.24, 2.45) is 4.99 Å². The van der Waals surface area contributed by atoms with E-state index in [1.807, 2.05) is 6.92 Å². The Morgan fingerprint density at radius 1 is 1.24 bits per heavy atom. The molecule has 0 aliphatic carbocycles. The standard InChI is InChI=1S/C18H32N4O2S/c1-14-7-9-16(10-8-14)17(22(4)5)13-20-18(19-3)21-15(2)11-12-25(6,23)24/h7-10,15,17H,11-13H2,1-6H3,(H2,19,20,21). The molecular weight excluding hydrogens is 336 g/mol. The first-order valence-corrected chi connectivity index (χ1v) is 10.6. The lowest BCUT2D eigenvalue weighted by Gasteiger charge is -2.27. The molecule has 0 fully saturated rings. The number of nitrogens with one attached hydrogen (secondary N) is 2. The molecule has 0 spiro atoms. The third-order valence-electron chi connectivity index (χ3n) is 4.08. The van der Waals surface area contributed by atoms with Gasteiger partial charge in [0.1, 0.15) is 9.84 Å². The number of guanidine groups is 1. The van der Waals surface area contributed by atoms with E-state index in [9.17, 15) is 8.42 Å². The van der Waals surface area contributed by atoms with Crippen LogP contribution in [-0.4, -0.2) is 65.0 Å². The zero-order valence-electron chi connectivity index (χ0n) is 16.2. The first-order chi connectivity index (χ1) is 11.6. The van der Waals surface area contributed by atoms with Crippen LogP contribution in [0.15, 0.2) is 29.3 Å². The van der Waals surface area contributed by atoms with Crippen LogP contribution in [-0.2, 0) is 9.84 Å². The topological polar surface area (TPSA) is 73.8 Å². The SMILES string of the molecule is CN=C(NCC(c1ccc(C)cc1)N(C)C)NC(C)CCS(C)(=O)=O. The Morgan fingerprint density at radius 3 is 2.32 bits per heavy atom. The summed E-state index contributed by atoms with van der Waals surface area (Å²) in [6.45, 7) is 4.74. The van der Waals surface area contributed by atoms with Gasteiger partial charge in [-0.1, -0.05) is 29.8 Å². The molecule has 2 unspecified atom stereocenters. The highest BCUT2D eigenvalue weighted by atomic mass is 32.2. The van der Waals surface area contributed by atoms with Crippen molar-refractivity contribution >= 4 is 15.8 Å². The minimum atomic E-state index is -2.95. The number of aryl methyl sites for hydroxylation is 1. The van der Waals surface area contributed by atoms with Crippen molar-refractivity contribution in [3.8, 4) is 0 Å². The molecule has 0 aromatic heterocycles. The zero-order valence-corrected chi connectivity index (χ0v) is 17.0. The minimum Gasteiger partial charge on any atom is -0.354 e. The van der Waals surface area contributed by atoms with E-state index >= 15 is 0 Å². The molecule has 0 amide bonds. The smallest absolute Gasteiger partial charge is 0.191 e. The summed E-state index contributed by atoms with van der Waals surface area (Å²) >= 11 is 0. The number of rotatable bonds is 8. The molecule has 6 nitrogen and oxygen atoms in total. The average molecular weight is 369 g/mol. The maximum absolute atomic E-state index is 11.3. The van der Waals surface area contributed by atoms with Crippen molar-refractivity contribution < 1.29 is 8.42 Å². The summed E-state index contributed by atoms with van der Waals surface area (Å²) in [4.78, 5) is 6.40. The summed E-state index contributed by atoms with van der Waals surface area (Å²) in [5.74, 6) is 0.849. The van der Waals surface area contributed by atoms with Gasteiger partial charge in [0.05, 0.1) is 11.8 Å². The van der Waals surface area contributed by atoms with E-state index in [0.717, 1.165) is 0 Å². The molecule has 142 valence electrons. The van der Waals surface area contributed by atoms with Gasteiger partial charge in [0.15, 0.2) is 5.96 Å². The van der Waals surface area contributed by atoms with Gasteiger partial charge in [0.25, 0.3) is 0 Å². The van der Waals surface area contributed by atoms with E-state index in [1.165, 1.54) is 17.4 Å². The second-order valence-corrected chi connectivity index (χ2v) is 9.07. The van der Waals surface area contributed by atoms with Crippen LogP contribution in [0.25, 0.3) is 0 Å². The maximum atomic E-state index is 11.3. The molecule has 0 bridgehead atoms. The molecule has 1 aromatic carbocycles. The highest BCUT2D eigenvalue weighted by Crippen LogP contribution is 2.17. The Morgan fingerprint density at radius 2 is 1.84 bits per heavy atom. The number of hydrogen-bond donors (Lipinski definition) is 2. The van der Waals surface area contributed by atoms with Crippen LogP contribution in [0.3, 0.4) is 0 Å². The molecule has 1 rings (SSSR count). The molecular formula is C18H32N4O2S. The lowest BCUT2D eigenvalue weighted by Crippen LogP contribution is -2.45. The molecule has 0 aliphatic heterocycles. The summed E-state index contributed by atoms with van der Waals surface area (Å²) in [6, 6.07) is 8.76. The van der Waals surface area contributed by atoms with Gasteiger partial charge in [-0.05, 0) is 39.9 Å². The van der Waals surface area contributed by atoms with Gasteiger partial charge in [-0.25, -0.2) is 8.42 Å². The molecule has 2 atom stereocenters. The second-order valence-electron chi connectivity index (χ2n) is 6.81. The van der Waals surface area contributed by atoms with Gasteiger partial charge in [-0.15, -0.1) is 0 Å². The van der Waals surface area contributed by atoms with E-state index in [1.54, 1.807) is 7.05 Å². The summed E-state index contributed by atoms with van der Waals surface area (Å²) in [6.07, 6.45) is 1.81. The van der Waals surface area contributed by atoms with Crippen molar-refractivity contribution in [1.29, 1.82) is 0 Å². The Hall–Kier alpha value is -1.60. The number of sulfone groups is 1. The van der Waals surface area contributed by atoms with Crippen molar-refractivity contribution in [2.45, 2.75) is 32.4 Å². The normalized spacial score (nSPS) is 15.1. The summed E-state index contributed by atoms with van der Waals surface area (Å²) < 4.78 is 22.6. The highest BCUT2D eigenvalue weighted by molar-refractivity contribution is 7.90. The average Bonchev–Trinajstić information content (AvgIpc) is 2.52. The highest BCUT2D eigenvalue weighted by Gasteiger charge is 2.15. The molecule has 0 radical (unpaired) electrons. The molecule has 0 aliphatic rings. The lowest BCUT2D eigenvalue weighted by molar-refractivity contribution is 0.298. The van der Waals surface area contributed by atoms with Crippen molar-refractivity contribution in [1.82, 2.24) is 15.5 Å². The number of nitrogens with zero attached hydrogens (tertiary/aromatic N) is 2. The predicted octanol–water partition coefficient (Wildman–Crippen LogP) is 1.59. The molecule has 25 heavy (non-hydrogen) atoms. The van der Waals surface area contributed by atoms with E-state index in [2.05, 4.69) is 65.8 Å². The van der Waals surface area contributed by atoms with Crippen LogP contribution in [0.4, 0.5) is 0 Å². The zero-order chi connectivity index (χ0) is 19.0. The number of benzene rings is 1. The Labute approximate surface area is 152 Å². The van der Waals surface area contributed by atoms with Gasteiger partial charge in [-0.2, -0.15) is 0 Å². The summed E-state index contributed by atoms with van der Waals surface area (Å²) in [7, 11) is 2.88. The van der Waals surface area contributed by atoms with Gasteiger partial charge in [-0.3, -0.25) is 4.99 Å². The second kappa shape index (κ2) is 9.77. The third-order valence-corrected chi connectivity index (χ3v) is 5.05. The Kier molecular flexibility index (Phi) is 8.38. The van der Waals surface area contributed by atoms with Crippen LogP contribution < -0.4 is 10.6 Å². The maximum Gasteiger partial charge on any atom is 0.191 e. The fourth-order valence-corrected chi connectivity index (χ4v) is 3.25. The van der Waals surface area contributed by atoms with Crippen molar-refractivity contribution in [3.63, 3.8) is 0 Å². The molecule has 2 N–H and O–H groups in total. The summed E-state index contributed by atoms with van der Waals surface area (Å²) in [5.41, 5.74) is 2.48. The Bertz CT molecular complexity index is 654. The fourth-order valence-electron chi connectivity index (χ4n) is 2.47. The lowest BCUT2D eigenvalue weighted by atomic mass is 10.0. The van der Waals surface area contributed by atoms with Crippen molar-refractivity contribution in [2.75, 3.05) is 39.7 Å². The van der Waals surface area contributed by atoms with Gasteiger partial charge < -0.3 is 15.5 Å². The molecule has 0 saturated carbocycles. The van der Waals surface area contributed by atoms with Crippen LogP contribution >= 0.6 is 0 Å². The predicted molar refractivity (Wildman–Crippen MR) is 106 cm³/mol. The van der Waals surface area contributed by atoms with Gasteiger partial charge in [0.2, 0.25) is 0 Å². The molecule has 1 aromatic rings. The van der Waals surface area contributed by atoms with E-state index in [0.29, 0.717) is 18.9 Å². The van der Waals surface area contributed by atoms with Gasteiger partial charge >= 0.3 is 0 Å². The monoisotopic (exact) mass is 368 g/mol. The molecule has 0 heterocycles. The first-order valence-electron chi connectivity index (χ1n) is 8.50. The van der Waals surface area contributed by atoms with Crippen LogP contribution in [0, 0.1) is 6.92 Å². The van der Waals surface area contributed by atoms with Crippen LogP contribution in [0.1, 0.15) is 30.5 Å². The number of hydrogen-bond acceptors (Lipinski definition) is 4. The fraction of sp³-hybridized carbons (Fsp3) is 0.611. The van der Waals surface area contributed by atoms with E-state index < -0.39 is 9.84 Å². The van der Waals surface area contributed by atoms with Gasteiger partial charge in [0, 0.05) is 25.9 Å². The molecule has 7 heteroatoms.